The van der Waals surface area contributed by atoms with E-state index in [4.69, 9.17) is 4.42 Å². The summed E-state index contributed by atoms with van der Waals surface area (Å²) < 4.78 is 86.6. The molecule has 2 aromatic carbocycles. The molecule has 3 aromatic rings. The average molecular weight is 498 g/mol. The van der Waals surface area contributed by atoms with Gasteiger partial charge in [-0.2, -0.15) is 26.3 Å². The molecule has 1 heterocycles. The summed E-state index contributed by atoms with van der Waals surface area (Å²) in [5.41, 5.74) is -1.31. The van der Waals surface area contributed by atoms with Gasteiger partial charge < -0.3 is 9.52 Å². The number of nitrogens with zero attached hydrogens (tertiary/aromatic N) is 1. The number of hydrogen-bond acceptors (Lipinski definition) is 3. The average Bonchev–Trinajstić information content (AvgIpc) is 2.92. The number of aliphatic hydroxyl groups is 1. The fraction of sp³-hybridized carbons (Fsp3) is 0.316. The highest BCUT2D eigenvalue weighted by molar-refractivity contribution is 9.10. The Hall–Kier alpha value is -2.27. The van der Waals surface area contributed by atoms with Crippen molar-refractivity contribution in [2.45, 2.75) is 30.8 Å². The topological polar surface area (TPSA) is 55.4 Å². The van der Waals surface area contributed by atoms with E-state index >= 15 is 0 Å². The van der Waals surface area contributed by atoms with E-state index in [1.165, 1.54) is 31.3 Å². The van der Waals surface area contributed by atoms with Gasteiger partial charge in [0.15, 0.2) is 11.7 Å². The van der Waals surface area contributed by atoms with E-state index in [9.17, 15) is 36.2 Å². The first-order valence-electron chi connectivity index (χ1n) is 8.49. The number of alkyl halides is 6. The highest BCUT2D eigenvalue weighted by atomic mass is 79.9. The van der Waals surface area contributed by atoms with Crippen LogP contribution in [0.1, 0.15) is 22.6 Å². The van der Waals surface area contributed by atoms with Crippen molar-refractivity contribution in [1.29, 1.82) is 0 Å². The van der Waals surface area contributed by atoms with Crippen molar-refractivity contribution in [1.82, 2.24) is 4.57 Å². The van der Waals surface area contributed by atoms with Crippen LogP contribution in [-0.4, -0.2) is 22.0 Å². The van der Waals surface area contributed by atoms with Gasteiger partial charge in [-0.15, -0.1) is 0 Å². The first-order chi connectivity index (χ1) is 13.8. The third-order valence-electron chi connectivity index (χ3n) is 4.75. The molecule has 0 bridgehead atoms. The van der Waals surface area contributed by atoms with E-state index in [-0.39, 0.29) is 21.1 Å². The Morgan fingerprint density at radius 2 is 1.77 bits per heavy atom. The van der Waals surface area contributed by atoms with Gasteiger partial charge in [0.25, 0.3) is 0 Å². The second-order valence-corrected chi connectivity index (χ2v) is 7.67. The maximum Gasteiger partial charge on any atom is 0.419 e. The summed E-state index contributed by atoms with van der Waals surface area (Å²) in [6, 6.07) is 6.81. The van der Waals surface area contributed by atoms with Gasteiger partial charge in [0.2, 0.25) is 0 Å². The minimum Gasteiger partial charge on any atom is -0.408 e. The van der Waals surface area contributed by atoms with Crippen LogP contribution < -0.4 is 5.76 Å². The Balaban J connectivity index is 2.14. The van der Waals surface area contributed by atoms with Gasteiger partial charge in [0.05, 0.1) is 11.1 Å². The number of hydrogen-bond donors (Lipinski definition) is 1. The summed E-state index contributed by atoms with van der Waals surface area (Å²) in [6.45, 7) is 0. The van der Waals surface area contributed by atoms with Crippen LogP contribution >= 0.6 is 15.9 Å². The fourth-order valence-corrected chi connectivity index (χ4v) is 3.63. The first-order valence-corrected chi connectivity index (χ1v) is 9.28. The van der Waals surface area contributed by atoms with Crippen LogP contribution in [-0.2, 0) is 19.6 Å². The number of rotatable bonds is 4. The van der Waals surface area contributed by atoms with Crippen molar-refractivity contribution in [3.63, 3.8) is 0 Å². The minimum absolute atomic E-state index is 0.0358. The largest absolute Gasteiger partial charge is 0.419 e. The number of aliphatic hydroxyl groups excluding tert-OH is 1. The lowest BCUT2D eigenvalue weighted by atomic mass is 9.84. The molecule has 0 fully saturated rings. The van der Waals surface area contributed by atoms with E-state index in [0.717, 1.165) is 10.6 Å². The lowest BCUT2D eigenvalue weighted by Crippen LogP contribution is -2.36. The van der Waals surface area contributed by atoms with Gasteiger partial charge in [0, 0.05) is 17.4 Å². The van der Waals surface area contributed by atoms with Crippen molar-refractivity contribution in [2.75, 3.05) is 0 Å². The molecule has 0 spiro atoms. The van der Waals surface area contributed by atoms with Crippen LogP contribution in [0, 0.1) is 0 Å². The number of aromatic nitrogens is 1. The lowest BCUT2D eigenvalue weighted by molar-refractivity contribution is -0.211. The molecular formula is C19H14BrF6NO3. The molecule has 0 radical (unpaired) electrons. The molecule has 1 N–H and O–H groups in total. The van der Waals surface area contributed by atoms with E-state index < -0.39 is 47.7 Å². The molecule has 1 aromatic heterocycles. The van der Waals surface area contributed by atoms with Crippen LogP contribution in [0.4, 0.5) is 26.3 Å². The maximum atomic E-state index is 13.5. The van der Waals surface area contributed by atoms with Crippen LogP contribution in [0.5, 0.6) is 0 Å². The maximum absolute atomic E-state index is 13.5. The zero-order valence-electron chi connectivity index (χ0n) is 15.2. The van der Waals surface area contributed by atoms with Crippen molar-refractivity contribution in [3.8, 4) is 0 Å². The standard InChI is InChI=1S/C19H14BrF6NO3/c1-27-14-7-9(2-5-15(14)30-17(27)29)6-12(16(28)19(24,25)26)11-4-3-10(20)8-13(11)18(21,22)23/h2-5,7-8,12,16,28H,6H2,1H3. The van der Waals surface area contributed by atoms with E-state index in [1.807, 2.05) is 0 Å². The molecule has 0 aliphatic carbocycles. The Labute approximate surface area is 173 Å². The number of aryl methyl sites for hydroxylation is 1. The first kappa shape index (κ1) is 22.4. The predicted octanol–water partition coefficient (Wildman–Crippen LogP) is 5.16. The van der Waals surface area contributed by atoms with Gasteiger partial charge in [0.1, 0.15) is 0 Å². The quantitative estimate of drug-likeness (QED) is 0.506. The van der Waals surface area contributed by atoms with Crippen molar-refractivity contribution >= 4 is 27.0 Å². The molecule has 11 heteroatoms. The van der Waals surface area contributed by atoms with Crippen molar-refractivity contribution in [3.05, 3.63) is 68.1 Å². The molecule has 2 unspecified atom stereocenters. The van der Waals surface area contributed by atoms with E-state index in [0.29, 0.717) is 6.07 Å². The SMILES string of the molecule is Cn1c(=O)oc2ccc(CC(c3ccc(Br)cc3C(F)(F)F)C(O)C(F)(F)F)cc21. The molecule has 30 heavy (non-hydrogen) atoms. The summed E-state index contributed by atoms with van der Waals surface area (Å²) >= 11 is 2.89. The molecule has 2 atom stereocenters. The van der Waals surface area contributed by atoms with Gasteiger partial charge in [-0.1, -0.05) is 28.1 Å². The monoisotopic (exact) mass is 497 g/mol. The van der Waals surface area contributed by atoms with Gasteiger partial charge in [-0.3, -0.25) is 4.57 Å². The highest BCUT2D eigenvalue weighted by Crippen LogP contribution is 2.42. The zero-order valence-corrected chi connectivity index (χ0v) is 16.8. The third kappa shape index (κ3) is 4.41. The summed E-state index contributed by atoms with van der Waals surface area (Å²) in [7, 11) is 1.39. The Morgan fingerprint density at radius 1 is 1.10 bits per heavy atom. The Kier molecular flexibility index (Phi) is 5.80. The summed E-state index contributed by atoms with van der Waals surface area (Å²) in [5.74, 6) is -2.63. The normalized spacial score (nSPS) is 14.8. The number of halogens is 7. The van der Waals surface area contributed by atoms with Crippen molar-refractivity contribution in [2.24, 2.45) is 7.05 Å². The van der Waals surface area contributed by atoms with E-state index in [2.05, 4.69) is 15.9 Å². The van der Waals surface area contributed by atoms with Gasteiger partial charge in [-0.25, -0.2) is 4.79 Å². The number of fused-ring (bicyclic) bond motifs is 1. The molecule has 0 aliphatic rings. The molecule has 0 saturated carbocycles. The van der Waals surface area contributed by atoms with Crippen LogP contribution in [0.3, 0.4) is 0 Å². The smallest absolute Gasteiger partial charge is 0.408 e. The van der Waals surface area contributed by atoms with Crippen LogP contribution in [0.2, 0.25) is 0 Å². The highest BCUT2D eigenvalue weighted by Gasteiger charge is 2.46. The second kappa shape index (κ2) is 7.77. The number of benzene rings is 2. The molecule has 162 valence electrons. The molecule has 3 rings (SSSR count). The molecule has 0 amide bonds. The van der Waals surface area contributed by atoms with Crippen LogP contribution in [0.25, 0.3) is 11.1 Å². The third-order valence-corrected chi connectivity index (χ3v) is 5.24. The predicted molar refractivity (Wildman–Crippen MR) is 99.1 cm³/mol. The van der Waals surface area contributed by atoms with Gasteiger partial charge in [-0.05, 0) is 41.8 Å². The second-order valence-electron chi connectivity index (χ2n) is 6.76. The fourth-order valence-electron chi connectivity index (χ4n) is 3.27. The zero-order chi connectivity index (χ0) is 22.4. The molecule has 0 saturated heterocycles. The number of oxazole rings is 1. The molecule has 4 nitrogen and oxygen atoms in total. The lowest BCUT2D eigenvalue weighted by Gasteiger charge is -2.28. The molecule has 0 aliphatic heterocycles. The molecular weight excluding hydrogens is 484 g/mol. The Bertz CT molecular complexity index is 1130. The van der Waals surface area contributed by atoms with Crippen LogP contribution in [0.15, 0.2) is 50.1 Å². The minimum atomic E-state index is -5.15. The van der Waals surface area contributed by atoms with Gasteiger partial charge >= 0.3 is 18.1 Å². The Morgan fingerprint density at radius 3 is 2.37 bits per heavy atom. The summed E-state index contributed by atoms with van der Waals surface area (Å²) in [6.07, 6.45) is -13.7. The summed E-state index contributed by atoms with van der Waals surface area (Å²) in [4.78, 5) is 11.6. The summed E-state index contributed by atoms with van der Waals surface area (Å²) in [5, 5.41) is 9.91. The van der Waals surface area contributed by atoms with Crippen molar-refractivity contribution < 1.29 is 35.9 Å². The van der Waals surface area contributed by atoms with E-state index in [1.54, 1.807) is 0 Å².